The zero-order valence-electron chi connectivity index (χ0n) is 7.96. The normalized spacial score (nSPS) is 9.50. The van der Waals surface area contributed by atoms with Crippen molar-refractivity contribution in [3.8, 4) is 17.7 Å². The fourth-order valence-corrected chi connectivity index (χ4v) is 1.08. The van der Waals surface area contributed by atoms with Crippen LogP contribution in [0.4, 0.5) is 0 Å². The van der Waals surface area contributed by atoms with Gasteiger partial charge in [-0.05, 0) is 17.7 Å². The Bertz CT molecular complexity index is 518. The minimum Gasteiger partial charge on any atom is -0.436 e. The molecule has 5 nitrogen and oxygen atoms in total. The molecule has 0 aliphatic heterocycles. The summed E-state index contributed by atoms with van der Waals surface area (Å²) in [4.78, 5) is 11.5. The fraction of sp³-hybridized carbons (Fsp3) is 0. The van der Waals surface area contributed by atoms with E-state index in [1.54, 1.807) is 12.1 Å². The van der Waals surface area contributed by atoms with E-state index in [4.69, 9.17) is 21.6 Å². The predicted octanol–water partition coefficient (Wildman–Crippen LogP) is 2.19. The average Bonchev–Trinajstić information content (AvgIpc) is 2.33. The number of hydrogen-bond donors (Lipinski definition) is 0. The van der Waals surface area contributed by atoms with Crippen molar-refractivity contribution in [2.24, 2.45) is 0 Å². The SMILES string of the molecule is N#Cc1ccc(Oc2cnc(Cl)nc2)nc1. The first-order valence-electron chi connectivity index (χ1n) is 4.29. The van der Waals surface area contributed by atoms with E-state index < -0.39 is 0 Å². The molecule has 0 aliphatic rings. The fourth-order valence-electron chi connectivity index (χ4n) is 0.981. The van der Waals surface area contributed by atoms with Crippen molar-refractivity contribution in [1.29, 1.82) is 5.26 Å². The molecule has 0 amide bonds. The second-order valence-corrected chi connectivity index (χ2v) is 3.12. The zero-order valence-corrected chi connectivity index (χ0v) is 8.72. The molecular weight excluding hydrogens is 228 g/mol. The summed E-state index contributed by atoms with van der Waals surface area (Å²) in [5.74, 6) is 0.798. The molecule has 2 heterocycles. The molecule has 0 N–H and O–H groups in total. The van der Waals surface area contributed by atoms with Gasteiger partial charge < -0.3 is 4.74 Å². The van der Waals surface area contributed by atoms with E-state index in [1.807, 2.05) is 6.07 Å². The molecule has 0 bridgehead atoms. The quantitative estimate of drug-likeness (QED) is 0.742. The van der Waals surface area contributed by atoms with E-state index in [0.29, 0.717) is 17.2 Å². The highest BCUT2D eigenvalue weighted by molar-refractivity contribution is 6.28. The number of aromatic nitrogens is 3. The van der Waals surface area contributed by atoms with Gasteiger partial charge in [-0.2, -0.15) is 5.26 Å². The van der Waals surface area contributed by atoms with Gasteiger partial charge in [-0.25, -0.2) is 15.0 Å². The molecule has 0 unspecified atom stereocenters. The lowest BCUT2D eigenvalue weighted by Gasteiger charge is -2.02. The van der Waals surface area contributed by atoms with Crippen molar-refractivity contribution in [1.82, 2.24) is 15.0 Å². The molecule has 0 aromatic carbocycles. The molecule has 16 heavy (non-hydrogen) atoms. The van der Waals surface area contributed by atoms with Gasteiger partial charge in [0.25, 0.3) is 0 Å². The van der Waals surface area contributed by atoms with Gasteiger partial charge in [-0.15, -0.1) is 0 Å². The Morgan fingerprint density at radius 2 is 1.88 bits per heavy atom. The Balaban J connectivity index is 2.15. The maximum atomic E-state index is 8.58. The van der Waals surface area contributed by atoms with E-state index in [1.165, 1.54) is 18.6 Å². The molecule has 2 aromatic heterocycles. The van der Waals surface area contributed by atoms with Crippen molar-refractivity contribution in [2.75, 3.05) is 0 Å². The van der Waals surface area contributed by atoms with Crippen LogP contribution in [0.25, 0.3) is 0 Å². The number of rotatable bonds is 2. The zero-order chi connectivity index (χ0) is 11.4. The monoisotopic (exact) mass is 232 g/mol. The number of ether oxygens (including phenoxy) is 1. The van der Waals surface area contributed by atoms with E-state index in [9.17, 15) is 0 Å². The van der Waals surface area contributed by atoms with E-state index in [-0.39, 0.29) is 5.28 Å². The topological polar surface area (TPSA) is 71.7 Å². The summed E-state index contributed by atoms with van der Waals surface area (Å²) in [6.45, 7) is 0. The maximum Gasteiger partial charge on any atom is 0.222 e. The third kappa shape index (κ3) is 2.43. The number of nitriles is 1. The van der Waals surface area contributed by atoms with Crippen molar-refractivity contribution in [2.45, 2.75) is 0 Å². The predicted molar refractivity (Wildman–Crippen MR) is 56.1 cm³/mol. The first-order valence-corrected chi connectivity index (χ1v) is 4.67. The summed E-state index contributed by atoms with van der Waals surface area (Å²) in [6, 6.07) is 5.17. The molecule has 0 aliphatic carbocycles. The maximum absolute atomic E-state index is 8.58. The minimum atomic E-state index is 0.153. The lowest BCUT2D eigenvalue weighted by Crippen LogP contribution is -1.90. The number of hydrogen-bond acceptors (Lipinski definition) is 5. The molecule has 2 rings (SSSR count). The van der Waals surface area contributed by atoms with Gasteiger partial charge in [0.05, 0.1) is 18.0 Å². The van der Waals surface area contributed by atoms with Gasteiger partial charge in [0.15, 0.2) is 5.75 Å². The Hall–Kier alpha value is -2.19. The highest BCUT2D eigenvalue weighted by Crippen LogP contribution is 2.17. The van der Waals surface area contributed by atoms with Crippen LogP contribution in [0.1, 0.15) is 5.56 Å². The highest BCUT2D eigenvalue weighted by atomic mass is 35.5. The van der Waals surface area contributed by atoms with Crippen LogP contribution in [-0.2, 0) is 0 Å². The van der Waals surface area contributed by atoms with Crippen LogP contribution >= 0.6 is 11.6 Å². The van der Waals surface area contributed by atoms with Crippen LogP contribution in [0.2, 0.25) is 5.28 Å². The molecular formula is C10H5ClN4O. The third-order valence-corrected chi connectivity index (χ3v) is 1.88. The van der Waals surface area contributed by atoms with Crippen molar-refractivity contribution in [3.05, 3.63) is 41.6 Å². The summed E-state index contributed by atoms with van der Waals surface area (Å²) in [5.41, 5.74) is 0.472. The van der Waals surface area contributed by atoms with Crippen LogP contribution in [0.15, 0.2) is 30.7 Å². The largest absolute Gasteiger partial charge is 0.436 e. The first kappa shape index (κ1) is 10.3. The molecule has 0 saturated heterocycles. The van der Waals surface area contributed by atoms with Gasteiger partial charge in [0.1, 0.15) is 6.07 Å². The van der Waals surface area contributed by atoms with Crippen molar-refractivity contribution >= 4 is 11.6 Å². The Morgan fingerprint density at radius 3 is 2.44 bits per heavy atom. The van der Waals surface area contributed by atoms with Crippen LogP contribution in [0.3, 0.4) is 0 Å². The lowest BCUT2D eigenvalue weighted by atomic mass is 10.3. The molecule has 2 aromatic rings. The van der Waals surface area contributed by atoms with Gasteiger partial charge in [0, 0.05) is 12.3 Å². The highest BCUT2D eigenvalue weighted by Gasteiger charge is 2.00. The number of nitrogens with zero attached hydrogens (tertiary/aromatic N) is 4. The summed E-state index contributed by atoms with van der Waals surface area (Å²) in [5, 5.41) is 8.74. The molecule has 0 atom stereocenters. The molecule has 0 radical (unpaired) electrons. The third-order valence-electron chi connectivity index (χ3n) is 1.68. The Kier molecular flexibility index (Phi) is 2.94. The Morgan fingerprint density at radius 1 is 1.12 bits per heavy atom. The van der Waals surface area contributed by atoms with Crippen molar-refractivity contribution in [3.63, 3.8) is 0 Å². The van der Waals surface area contributed by atoms with Gasteiger partial charge >= 0.3 is 0 Å². The minimum absolute atomic E-state index is 0.153. The summed E-state index contributed by atoms with van der Waals surface area (Å²) in [6.07, 6.45) is 4.30. The molecule has 0 fully saturated rings. The second-order valence-electron chi connectivity index (χ2n) is 2.79. The molecule has 6 heteroatoms. The van der Waals surface area contributed by atoms with Gasteiger partial charge in [-0.3, -0.25) is 0 Å². The number of halogens is 1. The number of pyridine rings is 1. The lowest BCUT2D eigenvalue weighted by molar-refractivity contribution is 0.458. The smallest absolute Gasteiger partial charge is 0.222 e. The molecule has 78 valence electrons. The van der Waals surface area contributed by atoms with E-state index >= 15 is 0 Å². The van der Waals surface area contributed by atoms with Gasteiger partial charge in [-0.1, -0.05) is 0 Å². The summed E-state index contributed by atoms with van der Waals surface area (Å²) >= 11 is 5.52. The summed E-state index contributed by atoms with van der Waals surface area (Å²) in [7, 11) is 0. The first-order chi connectivity index (χ1) is 7.78. The second kappa shape index (κ2) is 4.55. The van der Waals surface area contributed by atoms with E-state index in [0.717, 1.165) is 0 Å². The van der Waals surface area contributed by atoms with Crippen LogP contribution in [0.5, 0.6) is 11.6 Å². The Labute approximate surface area is 96.3 Å². The molecule has 0 saturated carbocycles. The van der Waals surface area contributed by atoms with Crippen LogP contribution in [0, 0.1) is 11.3 Å². The van der Waals surface area contributed by atoms with E-state index in [2.05, 4.69) is 15.0 Å². The van der Waals surface area contributed by atoms with Crippen LogP contribution < -0.4 is 4.74 Å². The van der Waals surface area contributed by atoms with Gasteiger partial charge in [0.2, 0.25) is 11.2 Å². The van der Waals surface area contributed by atoms with Crippen molar-refractivity contribution < 1.29 is 4.74 Å². The molecule has 0 spiro atoms. The standard InChI is InChI=1S/C10H5ClN4O/c11-10-14-5-8(6-15-10)16-9-2-1-7(3-12)4-13-9/h1-2,4-6H. The average molecular weight is 233 g/mol. The van der Waals surface area contributed by atoms with Crippen LogP contribution in [-0.4, -0.2) is 15.0 Å². The summed E-state index contributed by atoms with van der Waals surface area (Å²) < 4.78 is 5.33.